The summed E-state index contributed by atoms with van der Waals surface area (Å²) in [5.41, 5.74) is -1.67. The average Bonchev–Trinajstić information content (AvgIpc) is 2.52. The Kier molecular flexibility index (Phi) is 4.96. The molecule has 0 atom stereocenters. The van der Waals surface area contributed by atoms with Gasteiger partial charge in [-0.25, -0.2) is 0 Å². The Balaban J connectivity index is 2.46. The van der Waals surface area contributed by atoms with Crippen LogP contribution >= 0.6 is 11.6 Å². The van der Waals surface area contributed by atoms with Crippen molar-refractivity contribution in [2.75, 3.05) is 5.06 Å². The van der Waals surface area contributed by atoms with Gasteiger partial charge in [0, 0.05) is 10.6 Å². The van der Waals surface area contributed by atoms with Crippen LogP contribution in [0.2, 0.25) is 5.02 Å². The molecule has 0 spiro atoms. The molecule has 126 valence electrons. The number of hydroxylamine groups is 1. The fraction of sp³-hybridized carbons (Fsp3) is 0.125. The van der Waals surface area contributed by atoms with E-state index >= 15 is 0 Å². The number of halogens is 4. The average molecular weight is 358 g/mol. The van der Waals surface area contributed by atoms with E-state index in [2.05, 4.69) is 0 Å². The van der Waals surface area contributed by atoms with Gasteiger partial charge in [-0.2, -0.15) is 18.2 Å². The molecule has 2 aromatic rings. The van der Waals surface area contributed by atoms with Crippen LogP contribution in [0.15, 0.2) is 42.5 Å². The first kappa shape index (κ1) is 18.0. The summed E-state index contributed by atoms with van der Waals surface area (Å²) >= 11 is 5.63. The molecule has 0 saturated carbocycles. The number of benzene rings is 2. The zero-order valence-corrected chi connectivity index (χ0v) is 13.0. The summed E-state index contributed by atoms with van der Waals surface area (Å²) in [4.78, 5) is 23.9. The number of ketones is 1. The number of nitrogens with zero attached hydrogens (tertiary/aromatic N) is 1. The minimum Gasteiger partial charge on any atom is -0.294 e. The summed E-state index contributed by atoms with van der Waals surface area (Å²) in [7, 11) is 0. The molecule has 0 unspecified atom stereocenters. The Hall–Kier alpha value is -2.38. The lowest BCUT2D eigenvalue weighted by Crippen LogP contribution is -2.28. The van der Waals surface area contributed by atoms with Crippen LogP contribution in [0.5, 0.6) is 0 Å². The molecule has 0 aromatic heterocycles. The number of hydrogen-bond acceptors (Lipinski definition) is 3. The highest BCUT2D eigenvalue weighted by atomic mass is 35.5. The minimum absolute atomic E-state index is 0.0306. The molecule has 2 aromatic carbocycles. The van der Waals surface area contributed by atoms with Crippen LogP contribution < -0.4 is 5.06 Å². The van der Waals surface area contributed by atoms with Gasteiger partial charge in [-0.05, 0) is 31.2 Å². The number of carbonyl (C=O) groups is 2. The predicted molar refractivity (Wildman–Crippen MR) is 81.5 cm³/mol. The lowest BCUT2D eigenvalue weighted by molar-refractivity contribution is -0.137. The second-order valence-corrected chi connectivity index (χ2v) is 5.35. The molecule has 4 nitrogen and oxygen atoms in total. The summed E-state index contributed by atoms with van der Waals surface area (Å²) < 4.78 is 38.5. The van der Waals surface area contributed by atoms with Gasteiger partial charge in [-0.1, -0.05) is 29.8 Å². The molecular weight excluding hydrogens is 347 g/mol. The van der Waals surface area contributed by atoms with Crippen molar-refractivity contribution in [3.63, 3.8) is 0 Å². The maximum atomic E-state index is 12.8. The number of amides is 1. The third-order valence-electron chi connectivity index (χ3n) is 3.18. The van der Waals surface area contributed by atoms with E-state index in [-0.39, 0.29) is 21.2 Å². The van der Waals surface area contributed by atoms with Gasteiger partial charge in [-0.15, -0.1) is 0 Å². The molecule has 2 rings (SSSR count). The largest absolute Gasteiger partial charge is 0.416 e. The van der Waals surface area contributed by atoms with E-state index in [1.165, 1.54) is 31.2 Å². The van der Waals surface area contributed by atoms with Gasteiger partial charge in [0.2, 0.25) is 0 Å². The topological polar surface area (TPSA) is 57.6 Å². The molecular formula is C16H11ClF3NO3. The summed E-state index contributed by atoms with van der Waals surface area (Å²) in [5, 5.41) is 9.74. The Morgan fingerprint density at radius 1 is 1.08 bits per heavy atom. The first-order valence-corrected chi connectivity index (χ1v) is 7.00. The van der Waals surface area contributed by atoms with E-state index in [0.29, 0.717) is 12.1 Å². The zero-order valence-electron chi connectivity index (χ0n) is 12.3. The van der Waals surface area contributed by atoms with Crippen LogP contribution in [0.1, 0.15) is 33.2 Å². The van der Waals surface area contributed by atoms with E-state index in [1.807, 2.05) is 0 Å². The van der Waals surface area contributed by atoms with Gasteiger partial charge in [0.15, 0.2) is 5.78 Å². The van der Waals surface area contributed by atoms with Gasteiger partial charge >= 0.3 is 6.18 Å². The van der Waals surface area contributed by atoms with Gasteiger partial charge in [0.1, 0.15) is 0 Å². The lowest BCUT2D eigenvalue weighted by atomic mass is 10.0. The van der Waals surface area contributed by atoms with Crippen molar-refractivity contribution in [1.29, 1.82) is 0 Å². The molecule has 8 heteroatoms. The van der Waals surface area contributed by atoms with Crippen LogP contribution in [0.3, 0.4) is 0 Å². The second-order valence-electron chi connectivity index (χ2n) is 4.91. The Bertz CT molecular complexity index is 805. The molecule has 1 N–H and O–H groups in total. The number of hydrogen-bond donors (Lipinski definition) is 1. The monoisotopic (exact) mass is 357 g/mol. The van der Waals surface area contributed by atoms with Crippen LogP contribution in [0.25, 0.3) is 0 Å². The van der Waals surface area contributed by atoms with Crippen LogP contribution in [-0.2, 0) is 6.18 Å². The minimum atomic E-state index is -4.69. The Morgan fingerprint density at radius 2 is 1.67 bits per heavy atom. The molecule has 0 radical (unpaired) electrons. The van der Waals surface area contributed by atoms with Crippen LogP contribution in [0.4, 0.5) is 18.9 Å². The summed E-state index contributed by atoms with van der Waals surface area (Å²) in [6.45, 7) is 1.23. The predicted octanol–water partition coefficient (Wildman–Crippen LogP) is 4.60. The first-order valence-electron chi connectivity index (χ1n) is 6.62. The van der Waals surface area contributed by atoms with Crippen molar-refractivity contribution >= 4 is 29.0 Å². The smallest absolute Gasteiger partial charge is 0.294 e. The highest BCUT2D eigenvalue weighted by Crippen LogP contribution is 2.34. The molecule has 0 saturated heterocycles. The number of Topliss-reactive ketones (excluding diaryl/α,β-unsaturated/α-hetero) is 1. The maximum absolute atomic E-state index is 12.8. The number of alkyl halides is 3. The normalized spacial score (nSPS) is 11.2. The van der Waals surface area contributed by atoms with Gasteiger partial charge in [-0.3, -0.25) is 14.8 Å². The van der Waals surface area contributed by atoms with E-state index in [1.54, 1.807) is 0 Å². The molecule has 0 aliphatic rings. The zero-order chi connectivity index (χ0) is 18.1. The Labute approximate surface area is 140 Å². The first-order chi connectivity index (χ1) is 11.1. The number of carbonyl (C=O) groups excluding carboxylic acids is 2. The number of anilines is 1. The Morgan fingerprint density at radius 3 is 2.21 bits per heavy atom. The standard InChI is InChI=1S/C16H11ClF3NO3/c1-9(22)13-4-2-3-5-14(13)15(23)21(24)12-7-10(16(18,19)20)6-11(17)8-12/h2-8,24H,1H3. The van der Waals surface area contributed by atoms with Gasteiger partial charge in [0.25, 0.3) is 5.91 Å². The fourth-order valence-corrected chi connectivity index (χ4v) is 2.30. The number of rotatable bonds is 3. The van der Waals surface area contributed by atoms with Crippen molar-refractivity contribution < 1.29 is 28.0 Å². The fourth-order valence-electron chi connectivity index (χ4n) is 2.07. The van der Waals surface area contributed by atoms with E-state index in [0.717, 1.165) is 6.07 Å². The van der Waals surface area contributed by atoms with E-state index < -0.39 is 29.1 Å². The van der Waals surface area contributed by atoms with Crippen molar-refractivity contribution in [3.8, 4) is 0 Å². The molecule has 0 bridgehead atoms. The molecule has 0 heterocycles. The van der Waals surface area contributed by atoms with Crippen LogP contribution in [0, 0.1) is 0 Å². The molecule has 1 amide bonds. The second kappa shape index (κ2) is 6.62. The van der Waals surface area contributed by atoms with Gasteiger partial charge < -0.3 is 0 Å². The summed E-state index contributed by atoms with van der Waals surface area (Å²) in [6, 6.07) is 7.92. The van der Waals surface area contributed by atoms with E-state index in [9.17, 15) is 28.0 Å². The lowest BCUT2D eigenvalue weighted by Gasteiger charge is -2.18. The van der Waals surface area contributed by atoms with Crippen molar-refractivity contribution in [3.05, 3.63) is 64.2 Å². The van der Waals surface area contributed by atoms with Crippen molar-refractivity contribution in [1.82, 2.24) is 0 Å². The third kappa shape index (κ3) is 3.74. The molecule has 0 aliphatic heterocycles. The van der Waals surface area contributed by atoms with Crippen molar-refractivity contribution in [2.45, 2.75) is 13.1 Å². The molecule has 0 fully saturated rings. The molecule has 0 aliphatic carbocycles. The summed E-state index contributed by atoms with van der Waals surface area (Å²) in [5.74, 6) is -1.47. The maximum Gasteiger partial charge on any atom is 0.416 e. The van der Waals surface area contributed by atoms with Crippen molar-refractivity contribution in [2.24, 2.45) is 0 Å². The van der Waals surface area contributed by atoms with Crippen LogP contribution in [-0.4, -0.2) is 16.9 Å². The highest BCUT2D eigenvalue weighted by molar-refractivity contribution is 6.31. The van der Waals surface area contributed by atoms with Gasteiger partial charge in [0.05, 0.1) is 16.8 Å². The highest BCUT2D eigenvalue weighted by Gasteiger charge is 2.32. The summed E-state index contributed by atoms with van der Waals surface area (Å²) in [6.07, 6.45) is -4.69. The third-order valence-corrected chi connectivity index (χ3v) is 3.40. The molecule has 24 heavy (non-hydrogen) atoms. The SMILES string of the molecule is CC(=O)c1ccccc1C(=O)N(O)c1cc(Cl)cc(C(F)(F)F)c1. The quantitative estimate of drug-likeness (QED) is 0.496. The van der Waals surface area contributed by atoms with E-state index in [4.69, 9.17) is 11.6 Å².